The van der Waals surface area contributed by atoms with Gasteiger partial charge in [-0.05, 0) is 36.6 Å². The molecule has 4 heteroatoms. The van der Waals surface area contributed by atoms with Gasteiger partial charge in [0.15, 0.2) is 11.6 Å². The molecular formula is C11H15ClFNO. The van der Waals surface area contributed by atoms with Crippen LogP contribution in [0.15, 0.2) is 18.2 Å². The average molecular weight is 232 g/mol. The second kappa shape index (κ2) is 5.33. The van der Waals surface area contributed by atoms with Gasteiger partial charge in [0.05, 0.1) is 7.11 Å². The summed E-state index contributed by atoms with van der Waals surface area (Å²) in [6.45, 7) is 1.98. The summed E-state index contributed by atoms with van der Waals surface area (Å²) >= 11 is 0. The molecule has 0 spiro atoms. The molecule has 1 unspecified atom stereocenters. The van der Waals surface area contributed by atoms with E-state index in [1.165, 1.54) is 7.11 Å². The van der Waals surface area contributed by atoms with E-state index in [1.807, 2.05) is 6.07 Å². The van der Waals surface area contributed by atoms with Gasteiger partial charge in [0, 0.05) is 6.54 Å². The van der Waals surface area contributed by atoms with E-state index in [-0.39, 0.29) is 18.2 Å². The van der Waals surface area contributed by atoms with Crippen LogP contribution in [0.3, 0.4) is 0 Å². The van der Waals surface area contributed by atoms with E-state index in [0.29, 0.717) is 11.7 Å². The van der Waals surface area contributed by atoms with Gasteiger partial charge in [-0.25, -0.2) is 4.39 Å². The highest BCUT2D eigenvalue weighted by atomic mass is 35.5. The molecule has 1 aromatic carbocycles. The smallest absolute Gasteiger partial charge is 0.165 e. The molecule has 1 aromatic rings. The van der Waals surface area contributed by atoms with Gasteiger partial charge >= 0.3 is 0 Å². The van der Waals surface area contributed by atoms with Crippen LogP contribution in [0.2, 0.25) is 0 Å². The van der Waals surface area contributed by atoms with Crippen LogP contribution in [-0.4, -0.2) is 20.2 Å². The summed E-state index contributed by atoms with van der Waals surface area (Å²) in [5.41, 5.74) is 1.06. The predicted molar refractivity (Wildman–Crippen MR) is 60.4 cm³/mol. The van der Waals surface area contributed by atoms with Crippen molar-refractivity contribution in [2.45, 2.75) is 12.3 Å². The summed E-state index contributed by atoms with van der Waals surface area (Å²) in [5, 5.41) is 3.27. The SMILES string of the molecule is COc1ccc(C2CCNC2)cc1F.Cl. The zero-order valence-electron chi connectivity index (χ0n) is 8.63. The summed E-state index contributed by atoms with van der Waals surface area (Å²) in [7, 11) is 1.48. The minimum absolute atomic E-state index is 0. The normalized spacial score (nSPS) is 19.7. The van der Waals surface area contributed by atoms with E-state index in [4.69, 9.17) is 4.74 Å². The molecule has 1 aliphatic heterocycles. The lowest BCUT2D eigenvalue weighted by atomic mass is 9.98. The van der Waals surface area contributed by atoms with E-state index in [9.17, 15) is 4.39 Å². The molecule has 1 aliphatic rings. The van der Waals surface area contributed by atoms with Crippen molar-refractivity contribution < 1.29 is 9.13 Å². The number of benzene rings is 1. The van der Waals surface area contributed by atoms with Crippen molar-refractivity contribution in [3.8, 4) is 5.75 Å². The van der Waals surface area contributed by atoms with Gasteiger partial charge in [-0.1, -0.05) is 6.07 Å². The van der Waals surface area contributed by atoms with E-state index < -0.39 is 0 Å². The third kappa shape index (κ3) is 2.61. The largest absolute Gasteiger partial charge is 0.494 e. The Bertz CT molecular complexity index is 326. The second-order valence-electron chi connectivity index (χ2n) is 3.58. The number of hydrogen-bond donors (Lipinski definition) is 1. The number of nitrogens with one attached hydrogen (secondary N) is 1. The molecule has 84 valence electrons. The molecule has 0 amide bonds. The van der Waals surface area contributed by atoms with E-state index in [0.717, 1.165) is 25.1 Å². The van der Waals surface area contributed by atoms with Crippen molar-refractivity contribution in [2.24, 2.45) is 0 Å². The molecule has 15 heavy (non-hydrogen) atoms. The van der Waals surface area contributed by atoms with Crippen molar-refractivity contribution >= 4 is 12.4 Å². The zero-order valence-corrected chi connectivity index (χ0v) is 9.44. The highest BCUT2D eigenvalue weighted by molar-refractivity contribution is 5.85. The Morgan fingerprint density at radius 3 is 2.80 bits per heavy atom. The number of methoxy groups -OCH3 is 1. The topological polar surface area (TPSA) is 21.3 Å². The first-order valence-electron chi connectivity index (χ1n) is 4.85. The van der Waals surface area contributed by atoms with Crippen LogP contribution in [0.25, 0.3) is 0 Å². The first kappa shape index (κ1) is 12.3. The molecule has 1 fully saturated rings. The fraction of sp³-hybridized carbons (Fsp3) is 0.455. The molecular weight excluding hydrogens is 217 g/mol. The van der Waals surface area contributed by atoms with Crippen molar-refractivity contribution in [1.29, 1.82) is 0 Å². The molecule has 2 nitrogen and oxygen atoms in total. The van der Waals surface area contributed by atoms with Gasteiger partial charge < -0.3 is 10.1 Å². The van der Waals surface area contributed by atoms with Gasteiger partial charge in [0.1, 0.15) is 0 Å². The van der Waals surface area contributed by atoms with E-state index in [2.05, 4.69) is 5.32 Å². The van der Waals surface area contributed by atoms with Crippen LogP contribution < -0.4 is 10.1 Å². The van der Waals surface area contributed by atoms with Crippen LogP contribution in [0, 0.1) is 5.82 Å². The Kier molecular flexibility index (Phi) is 4.36. The number of ether oxygens (including phenoxy) is 1. The van der Waals surface area contributed by atoms with Crippen molar-refractivity contribution in [3.63, 3.8) is 0 Å². The molecule has 0 aliphatic carbocycles. The van der Waals surface area contributed by atoms with Crippen LogP contribution in [-0.2, 0) is 0 Å². The summed E-state index contributed by atoms with van der Waals surface area (Å²) in [6, 6.07) is 5.22. The Morgan fingerprint density at radius 2 is 2.27 bits per heavy atom. The Morgan fingerprint density at radius 1 is 1.47 bits per heavy atom. The summed E-state index contributed by atoms with van der Waals surface area (Å²) < 4.78 is 18.2. The zero-order chi connectivity index (χ0) is 9.97. The molecule has 0 bridgehead atoms. The number of rotatable bonds is 2. The quantitative estimate of drug-likeness (QED) is 0.844. The molecule has 1 N–H and O–H groups in total. The maximum Gasteiger partial charge on any atom is 0.165 e. The fourth-order valence-corrected chi connectivity index (χ4v) is 1.88. The minimum atomic E-state index is -0.267. The third-order valence-electron chi connectivity index (χ3n) is 2.71. The number of hydrogen-bond acceptors (Lipinski definition) is 2. The first-order chi connectivity index (χ1) is 6.81. The van der Waals surface area contributed by atoms with Crippen LogP contribution >= 0.6 is 12.4 Å². The molecule has 0 saturated carbocycles. The maximum atomic E-state index is 13.4. The monoisotopic (exact) mass is 231 g/mol. The van der Waals surface area contributed by atoms with Gasteiger partial charge in [0.2, 0.25) is 0 Å². The Labute approximate surface area is 95.2 Å². The van der Waals surface area contributed by atoms with E-state index in [1.54, 1.807) is 12.1 Å². The summed E-state index contributed by atoms with van der Waals surface area (Å²) in [4.78, 5) is 0. The first-order valence-corrected chi connectivity index (χ1v) is 4.85. The fourth-order valence-electron chi connectivity index (χ4n) is 1.88. The number of halogens is 2. The molecule has 1 saturated heterocycles. The second-order valence-corrected chi connectivity index (χ2v) is 3.58. The van der Waals surface area contributed by atoms with Gasteiger partial charge in [-0.2, -0.15) is 0 Å². The summed E-state index contributed by atoms with van der Waals surface area (Å²) in [5.74, 6) is 0.506. The van der Waals surface area contributed by atoms with Crippen LogP contribution in [0.4, 0.5) is 4.39 Å². The lowest BCUT2D eigenvalue weighted by molar-refractivity contribution is 0.386. The van der Waals surface area contributed by atoms with Crippen molar-refractivity contribution in [3.05, 3.63) is 29.6 Å². The van der Waals surface area contributed by atoms with Gasteiger partial charge in [-0.15, -0.1) is 12.4 Å². The third-order valence-corrected chi connectivity index (χ3v) is 2.71. The lowest BCUT2D eigenvalue weighted by Gasteiger charge is -2.10. The van der Waals surface area contributed by atoms with Crippen molar-refractivity contribution in [2.75, 3.05) is 20.2 Å². The summed E-state index contributed by atoms with van der Waals surface area (Å²) in [6.07, 6.45) is 1.09. The van der Waals surface area contributed by atoms with Gasteiger partial charge in [-0.3, -0.25) is 0 Å². The Hall–Kier alpha value is -0.800. The lowest BCUT2D eigenvalue weighted by Crippen LogP contribution is -2.08. The molecule has 1 heterocycles. The molecule has 2 rings (SSSR count). The predicted octanol–water partition coefficient (Wildman–Crippen LogP) is 2.33. The van der Waals surface area contributed by atoms with E-state index >= 15 is 0 Å². The van der Waals surface area contributed by atoms with Crippen LogP contribution in [0.1, 0.15) is 17.9 Å². The maximum absolute atomic E-state index is 13.4. The van der Waals surface area contributed by atoms with Gasteiger partial charge in [0.25, 0.3) is 0 Å². The molecule has 0 aromatic heterocycles. The Balaban J connectivity index is 0.00000112. The van der Waals surface area contributed by atoms with Crippen LogP contribution in [0.5, 0.6) is 5.75 Å². The standard InChI is InChI=1S/C11H14FNO.ClH/c1-14-11-3-2-8(6-10(11)12)9-4-5-13-7-9;/h2-3,6,9,13H,4-5,7H2,1H3;1H. The minimum Gasteiger partial charge on any atom is -0.494 e. The van der Waals surface area contributed by atoms with Crippen molar-refractivity contribution in [1.82, 2.24) is 5.32 Å². The molecule has 0 radical (unpaired) electrons. The highest BCUT2D eigenvalue weighted by Gasteiger charge is 2.17. The molecule has 1 atom stereocenters. The highest BCUT2D eigenvalue weighted by Crippen LogP contribution is 2.26. The average Bonchev–Trinajstić information content (AvgIpc) is 2.70.